The molecular weight excluding hydrogens is 340 g/mol. The number of nitrogens with zero attached hydrogens (tertiary/aromatic N) is 1. The van der Waals surface area contributed by atoms with Gasteiger partial charge in [-0.25, -0.2) is 0 Å². The summed E-state index contributed by atoms with van der Waals surface area (Å²) in [6.45, 7) is 7.17. The van der Waals surface area contributed by atoms with E-state index in [1.165, 1.54) is 5.56 Å². The Morgan fingerprint density at radius 3 is 2.81 bits per heavy atom. The second-order valence-electron chi connectivity index (χ2n) is 7.00. The molecule has 1 aromatic heterocycles. The lowest BCUT2D eigenvalue weighted by molar-refractivity contribution is -0.0928. The Labute approximate surface area is 161 Å². The zero-order valence-electron chi connectivity index (χ0n) is 16.3. The average Bonchev–Trinajstić information content (AvgIpc) is 3.06. The van der Waals surface area contributed by atoms with Crippen LogP contribution in [0.15, 0.2) is 30.3 Å². The molecule has 3 rings (SSSR count). The van der Waals surface area contributed by atoms with E-state index in [2.05, 4.69) is 24.4 Å². The minimum atomic E-state index is -0.933. The van der Waals surface area contributed by atoms with Crippen molar-refractivity contribution in [3.05, 3.63) is 58.4 Å². The van der Waals surface area contributed by atoms with Gasteiger partial charge < -0.3 is 19.9 Å². The average molecular weight is 370 g/mol. The van der Waals surface area contributed by atoms with Gasteiger partial charge in [-0.3, -0.25) is 4.98 Å². The van der Waals surface area contributed by atoms with Gasteiger partial charge in [0, 0.05) is 12.0 Å². The van der Waals surface area contributed by atoms with E-state index in [1.54, 1.807) is 0 Å². The molecule has 0 saturated heterocycles. The largest absolute Gasteiger partial charge is 0.491 e. The number of benzene rings is 1. The minimum absolute atomic E-state index is 0.378. The van der Waals surface area contributed by atoms with Crippen molar-refractivity contribution in [2.45, 2.75) is 52.4 Å². The lowest BCUT2D eigenvalue weighted by Crippen LogP contribution is -2.16. The smallest absolute Gasteiger partial charge is 0.185 e. The summed E-state index contributed by atoms with van der Waals surface area (Å²) in [5.74, 6) is 0.688. The first-order valence-corrected chi connectivity index (χ1v) is 9.90. The van der Waals surface area contributed by atoms with Crippen molar-refractivity contribution in [2.24, 2.45) is 0 Å². The molecule has 146 valence electrons. The fraction of sp³-hybridized carbons (Fsp3) is 0.500. The zero-order valence-corrected chi connectivity index (χ0v) is 16.3. The van der Waals surface area contributed by atoms with Crippen molar-refractivity contribution in [2.75, 3.05) is 19.7 Å². The number of unbranched alkanes of at least 4 members (excludes halogenated alkanes) is 1. The third-order valence-corrected chi connectivity index (χ3v) is 4.82. The highest BCUT2D eigenvalue weighted by molar-refractivity contribution is 5.48. The van der Waals surface area contributed by atoms with Crippen LogP contribution in [0.4, 0.5) is 0 Å². The number of hydrogen-bond donors (Lipinski definition) is 2. The van der Waals surface area contributed by atoms with Gasteiger partial charge in [-0.05, 0) is 44.8 Å². The molecule has 2 aromatic rings. The van der Waals surface area contributed by atoms with Crippen LogP contribution in [0.25, 0.3) is 0 Å². The molecule has 0 spiro atoms. The maximum Gasteiger partial charge on any atom is 0.185 e. The van der Waals surface area contributed by atoms with Gasteiger partial charge >= 0.3 is 0 Å². The first-order valence-electron chi connectivity index (χ1n) is 9.90. The quantitative estimate of drug-likeness (QED) is 0.625. The van der Waals surface area contributed by atoms with Crippen LogP contribution in [0.3, 0.4) is 0 Å². The van der Waals surface area contributed by atoms with Crippen molar-refractivity contribution in [3.63, 3.8) is 0 Å². The highest BCUT2D eigenvalue weighted by Gasteiger charge is 2.30. The van der Waals surface area contributed by atoms with E-state index in [0.717, 1.165) is 61.3 Å². The zero-order chi connectivity index (χ0) is 19.1. The van der Waals surface area contributed by atoms with Crippen LogP contribution >= 0.6 is 0 Å². The van der Waals surface area contributed by atoms with Crippen molar-refractivity contribution in [3.8, 4) is 5.75 Å². The van der Waals surface area contributed by atoms with Crippen LogP contribution in [-0.4, -0.2) is 29.8 Å². The second kappa shape index (κ2) is 9.83. The van der Waals surface area contributed by atoms with Crippen LogP contribution < -0.4 is 10.1 Å². The predicted molar refractivity (Wildman–Crippen MR) is 106 cm³/mol. The van der Waals surface area contributed by atoms with Gasteiger partial charge in [0.15, 0.2) is 6.29 Å². The van der Waals surface area contributed by atoms with Gasteiger partial charge in [-0.2, -0.15) is 0 Å². The van der Waals surface area contributed by atoms with Crippen molar-refractivity contribution in [1.29, 1.82) is 0 Å². The van der Waals surface area contributed by atoms with E-state index < -0.39 is 6.29 Å². The van der Waals surface area contributed by atoms with Crippen LogP contribution in [-0.2, 0) is 17.8 Å². The molecule has 1 aromatic carbocycles. The van der Waals surface area contributed by atoms with Crippen LogP contribution in [0.2, 0.25) is 0 Å². The van der Waals surface area contributed by atoms with Gasteiger partial charge in [0.25, 0.3) is 0 Å². The molecule has 1 aliphatic heterocycles. The number of aliphatic hydroxyl groups is 1. The molecule has 5 nitrogen and oxygen atoms in total. The van der Waals surface area contributed by atoms with Gasteiger partial charge in [0.2, 0.25) is 0 Å². The molecule has 5 heteroatoms. The minimum Gasteiger partial charge on any atom is -0.491 e. The molecule has 2 N–H and O–H groups in total. The SMILES string of the molecule is CCCNCCCCOc1c(C)nc(Cc2ccccc2)c2c1C(O)OC2. The summed E-state index contributed by atoms with van der Waals surface area (Å²) in [5, 5.41) is 13.7. The summed E-state index contributed by atoms with van der Waals surface area (Å²) < 4.78 is 11.5. The Bertz CT molecular complexity index is 734. The molecule has 0 radical (unpaired) electrons. The number of rotatable bonds is 10. The third kappa shape index (κ3) is 5.06. The van der Waals surface area contributed by atoms with E-state index in [9.17, 15) is 5.11 Å². The molecule has 0 amide bonds. The number of aliphatic hydroxyl groups excluding tert-OH is 1. The molecule has 2 heterocycles. The Kier molecular flexibility index (Phi) is 7.21. The van der Waals surface area contributed by atoms with Crippen molar-refractivity contribution in [1.82, 2.24) is 10.3 Å². The highest BCUT2D eigenvalue weighted by atomic mass is 16.6. The predicted octanol–water partition coefficient (Wildman–Crippen LogP) is 3.66. The Hall–Kier alpha value is -1.95. The summed E-state index contributed by atoms with van der Waals surface area (Å²) in [4.78, 5) is 4.79. The number of hydrogen-bond acceptors (Lipinski definition) is 5. The summed E-state index contributed by atoms with van der Waals surface area (Å²) in [5.41, 5.74) is 4.70. The fourth-order valence-corrected chi connectivity index (χ4v) is 3.42. The number of fused-ring (bicyclic) bond motifs is 1. The summed E-state index contributed by atoms with van der Waals surface area (Å²) in [6.07, 6.45) is 2.98. The molecule has 0 fully saturated rings. The van der Waals surface area contributed by atoms with Gasteiger partial charge in [-0.1, -0.05) is 37.3 Å². The number of pyridine rings is 1. The van der Waals surface area contributed by atoms with Gasteiger partial charge in [0.1, 0.15) is 5.75 Å². The lowest BCUT2D eigenvalue weighted by atomic mass is 10.0. The van der Waals surface area contributed by atoms with Crippen LogP contribution in [0, 0.1) is 6.92 Å². The normalized spacial score (nSPS) is 15.7. The van der Waals surface area contributed by atoms with E-state index in [0.29, 0.717) is 19.0 Å². The first kappa shape index (κ1) is 19.8. The van der Waals surface area contributed by atoms with E-state index in [1.807, 2.05) is 25.1 Å². The second-order valence-corrected chi connectivity index (χ2v) is 7.00. The monoisotopic (exact) mass is 370 g/mol. The fourth-order valence-electron chi connectivity index (χ4n) is 3.42. The Morgan fingerprint density at radius 2 is 2.04 bits per heavy atom. The Morgan fingerprint density at radius 1 is 1.22 bits per heavy atom. The number of aromatic nitrogens is 1. The van der Waals surface area contributed by atoms with Crippen molar-refractivity contribution >= 4 is 0 Å². The summed E-state index contributed by atoms with van der Waals surface area (Å²) in [6, 6.07) is 10.2. The van der Waals surface area contributed by atoms with Crippen LogP contribution in [0.1, 0.15) is 60.6 Å². The number of aryl methyl sites for hydroxylation is 1. The first-order chi connectivity index (χ1) is 13.2. The third-order valence-electron chi connectivity index (χ3n) is 4.82. The molecule has 1 atom stereocenters. The maximum atomic E-state index is 10.3. The Balaban J connectivity index is 1.69. The molecular formula is C22H30N2O3. The van der Waals surface area contributed by atoms with E-state index >= 15 is 0 Å². The standard InChI is InChI=1S/C22H30N2O3/c1-3-11-23-12-7-8-13-26-21-16(2)24-19(14-17-9-5-4-6-10-17)18-15-27-22(25)20(18)21/h4-6,9-10,22-23,25H,3,7-8,11-15H2,1-2H3. The number of nitrogens with one attached hydrogen (secondary N) is 1. The van der Waals surface area contributed by atoms with Gasteiger partial charge in [0.05, 0.1) is 30.2 Å². The van der Waals surface area contributed by atoms with Crippen LogP contribution in [0.5, 0.6) is 5.75 Å². The summed E-state index contributed by atoms with van der Waals surface area (Å²) >= 11 is 0. The molecule has 0 bridgehead atoms. The maximum absolute atomic E-state index is 10.3. The van der Waals surface area contributed by atoms with E-state index in [-0.39, 0.29) is 0 Å². The topological polar surface area (TPSA) is 63.6 Å². The molecule has 0 saturated carbocycles. The number of ether oxygens (including phenoxy) is 2. The molecule has 27 heavy (non-hydrogen) atoms. The van der Waals surface area contributed by atoms with Crippen molar-refractivity contribution < 1.29 is 14.6 Å². The molecule has 1 unspecified atom stereocenters. The highest BCUT2D eigenvalue weighted by Crippen LogP contribution is 2.39. The molecule has 1 aliphatic rings. The van der Waals surface area contributed by atoms with Gasteiger partial charge in [-0.15, -0.1) is 0 Å². The summed E-state index contributed by atoms with van der Waals surface area (Å²) in [7, 11) is 0. The van der Waals surface area contributed by atoms with E-state index in [4.69, 9.17) is 14.5 Å². The lowest BCUT2D eigenvalue weighted by Gasteiger charge is -2.17. The molecule has 0 aliphatic carbocycles.